The minimum Gasteiger partial charge on any atom is -0.419 e. The third-order valence-electron chi connectivity index (χ3n) is 4.23. The van der Waals surface area contributed by atoms with E-state index in [9.17, 15) is 0 Å². The van der Waals surface area contributed by atoms with Crippen molar-refractivity contribution in [3.63, 3.8) is 0 Å². The highest BCUT2D eigenvalue weighted by molar-refractivity contribution is 5.51. The zero-order chi connectivity index (χ0) is 15.7. The van der Waals surface area contributed by atoms with Crippen molar-refractivity contribution in [2.24, 2.45) is 0 Å². The molecular weight excluding hydrogens is 294 g/mol. The first-order valence-corrected chi connectivity index (χ1v) is 7.69. The first-order chi connectivity index (χ1) is 11.3. The molecule has 0 radical (unpaired) electrons. The van der Waals surface area contributed by atoms with Gasteiger partial charge in [0.2, 0.25) is 17.7 Å². The van der Waals surface area contributed by atoms with Crippen LogP contribution in [-0.2, 0) is 12.1 Å². The first kappa shape index (κ1) is 14.1. The Bertz CT molecular complexity index is 792. The summed E-state index contributed by atoms with van der Waals surface area (Å²) in [5.74, 6) is 2.37. The predicted molar refractivity (Wildman–Crippen MR) is 81.1 cm³/mol. The number of nitrogens with one attached hydrogen (secondary N) is 1. The van der Waals surface area contributed by atoms with Crippen molar-refractivity contribution in [1.29, 1.82) is 0 Å². The Labute approximate surface area is 133 Å². The van der Waals surface area contributed by atoms with Crippen LogP contribution < -0.4 is 5.32 Å². The fraction of sp³-hybridized carbons (Fsp3) is 0.375. The number of aromatic nitrogens is 4. The van der Waals surface area contributed by atoms with Crippen molar-refractivity contribution < 1.29 is 8.94 Å². The van der Waals surface area contributed by atoms with Crippen LogP contribution in [0.3, 0.4) is 0 Å². The van der Waals surface area contributed by atoms with Gasteiger partial charge in [-0.1, -0.05) is 23.4 Å². The third kappa shape index (κ3) is 2.63. The Morgan fingerprint density at radius 3 is 2.65 bits per heavy atom. The molecule has 1 fully saturated rings. The van der Waals surface area contributed by atoms with E-state index in [1.807, 2.05) is 30.3 Å². The minimum absolute atomic E-state index is 0.237. The maximum atomic E-state index is 5.73. The van der Waals surface area contributed by atoms with Crippen LogP contribution in [0.15, 0.2) is 39.3 Å². The number of aryl methyl sites for hydroxylation is 1. The second-order valence-electron chi connectivity index (χ2n) is 5.79. The fourth-order valence-corrected chi connectivity index (χ4v) is 2.77. The van der Waals surface area contributed by atoms with Gasteiger partial charge < -0.3 is 8.94 Å². The molecule has 2 heterocycles. The third-order valence-corrected chi connectivity index (χ3v) is 4.23. The lowest BCUT2D eigenvalue weighted by Crippen LogP contribution is -2.48. The minimum atomic E-state index is -0.237. The number of benzene rings is 1. The quantitative estimate of drug-likeness (QED) is 0.774. The smallest absolute Gasteiger partial charge is 0.247 e. The van der Waals surface area contributed by atoms with Crippen LogP contribution in [-0.4, -0.2) is 20.3 Å². The van der Waals surface area contributed by atoms with Crippen LogP contribution in [0.1, 0.15) is 36.9 Å². The van der Waals surface area contributed by atoms with Crippen LogP contribution in [0.5, 0.6) is 0 Å². The average molecular weight is 311 g/mol. The van der Waals surface area contributed by atoms with Gasteiger partial charge in [0.25, 0.3) is 0 Å². The summed E-state index contributed by atoms with van der Waals surface area (Å²) in [5.41, 5.74) is 0.678. The standard InChI is InChI=1S/C16H17N5O2/c1-11-18-15(21-23-11)16(8-5-9-16)17-10-13-19-20-14(22-13)12-6-3-2-4-7-12/h2-4,6-7,17H,5,8-10H2,1H3. The number of rotatable bonds is 5. The van der Waals surface area contributed by atoms with Crippen molar-refractivity contribution >= 4 is 0 Å². The summed E-state index contributed by atoms with van der Waals surface area (Å²) < 4.78 is 10.8. The van der Waals surface area contributed by atoms with Crippen LogP contribution in [0, 0.1) is 6.92 Å². The van der Waals surface area contributed by atoms with Gasteiger partial charge in [0.1, 0.15) is 0 Å². The van der Waals surface area contributed by atoms with E-state index < -0.39 is 0 Å². The summed E-state index contributed by atoms with van der Waals surface area (Å²) >= 11 is 0. The van der Waals surface area contributed by atoms with Gasteiger partial charge in [-0.3, -0.25) is 5.32 Å². The Balaban J connectivity index is 1.48. The summed E-state index contributed by atoms with van der Waals surface area (Å²) in [6, 6.07) is 9.73. The molecule has 7 nitrogen and oxygen atoms in total. The zero-order valence-corrected chi connectivity index (χ0v) is 12.8. The molecule has 2 aromatic heterocycles. The average Bonchev–Trinajstić information content (AvgIpc) is 3.17. The fourth-order valence-electron chi connectivity index (χ4n) is 2.77. The molecule has 1 aliphatic rings. The van der Waals surface area contributed by atoms with Gasteiger partial charge in [-0.15, -0.1) is 10.2 Å². The normalized spacial score (nSPS) is 16.2. The van der Waals surface area contributed by atoms with E-state index in [1.165, 1.54) is 0 Å². The lowest BCUT2D eigenvalue weighted by molar-refractivity contribution is 0.160. The Hall–Kier alpha value is -2.54. The summed E-state index contributed by atoms with van der Waals surface area (Å²) in [7, 11) is 0. The van der Waals surface area contributed by atoms with Gasteiger partial charge in [-0.25, -0.2) is 0 Å². The van der Waals surface area contributed by atoms with E-state index in [-0.39, 0.29) is 5.54 Å². The topological polar surface area (TPSA) is 89.9 Å². The van der Waals surface area contributed by atoms with Crippen molar-refractivity contribution in [3.8, 4) is 11.5 Å². The molecule has 0 bridgehead atoms. The molecular formula is C16H17N5O2. The van der Waals surface area contributed by atoms with Crippen LogP contribution in [0.25, 0.3) is 11.5 Å². The van der Waals surface area contributed by atoms with Crippen LogP contribution in [0.2, 0.25) is 0 Å². The highest BCUT2D eigenvalue weighted by Crippen LogP contribution is 2.40. The van der Waals surface area contributed by atoms with Crippen molar-refractivity contribution in [3.05, 3.63) is 47.9 Å². The Kier molecular flexibility index (Phi) is 3.42. The molecule has 0 spiro atoms. The largest absolute Gasteiger partial charge is 0.419 e. The summed E-state index contributed by atoms with van der Waals surface area (Å²) in [4.78, 5) is 4.36. The molecule has 0 unspecified atom stereocenters. The van der Waals surface area contributed by atoms with Crippen LogP contribution >= 0.6 is 0 Å². The Morgan fingerprint density at radius 1 is 1.17 bits per heavy atom. The van der Waals surface area contributed by atoms with Gasteiger partial charge in [0, 0.05) is 12.5 Å². The molecule has 1 aliphatic carbocycles. The number of hydrogen-bond donors (Lipinski definition) is 1. The molecule has 0 saturated heterocycles. The van der Waals surface area contributed by atoms with E-state index in [2.05, 4.69) is 25.7 Å². The number of hydrogen-bond acceptors (Lipinski definition) is 7. The molecule has 0 aliphatic heterocycles. The summed E-state index contributed by atoms with van der Waals surface area (Å²) in [5, 5.41) is 15.7. The maximum Gasteiger partial charge on any atom is 0.247 e. The van der Waals surface area contributed by atoms with E-state index in [1.54, 1.807) is 6.92 Å². The maximum absolute atomic E-state index is 5.73. The monoisotopic (exact) mass is 311 g/mol. The Morgan fingerprint density at radius 2 is 2.00 bits per heavy atom. The van der Waals surface area contributed by atoms with E-state index in [0.29, 0.717) is 30.0 Å². The van der Waals surface area contributed by atoms with Crippen molar-refractivity contribution in [2.75, 3.05) is 0 Å². The second-order valence-corrected chi connectivity index (χ2v) is 5.79. The lowest BCUT2D eigenvalue weighted by atomic mass is 9.76. The number of nitrogens with zero attached hydrogens (tertiary/aromatic N) is 4. The van der Waals surface area contributed by atoms with Crippen molar-refractivity contribution in [1.82, 2.24) is 25.7 Å². The molecule has 4 rings (SSSR count). The summed E-state index contributed by atoms with van der Waals surface area (Å²) in [6.07, 6.45) is 3.09. The molecule has 1 N–H and O–H groups in total. The molecule has 23 heavy (non-hydrogen) atoms. The first-order valence-electron chi connectivity index (χ1n) is 7.69. The zero-order valence-electron chi connectivity index (χ0n) is 12.8. The lowest BCUT2D eigenvalue weighted by Gasteiger charge is -2.39. The summed E-state index contributed by atoms with van der Waals surface area (Å²) in [6.45, 7) is 2.28. The molecule has 0 atom stereocenters. The molecule has 7 heteroatoms. The predicted octanol–water partition coefficient (Wildman–Crippen LogP) is 2.60. The highest BCUT2D eigenvalue weighted by Gasteiger charge is 2.42. The van der Waals surface area contributed by atoms with Crippen LogP contribution in [0.4, 0.5) is 0 Å². The second kappa shape index (κ2) is 5.58. The van der Waals surface area contributed by atoms with Gasteiger partial charge >= 0.3 is 0 Å². The van der Waals surface area contributed by atoms with Gasteiger partial charge in [0.15, 0.2) is 5.82 Å². The SMILES string of the molecule is Cc1nc(C2(NCc3nnc(-c4ccccc4)o3)CCC2)no1. The van der Waals surface area contributed by atoms with Crippen molar-refractivity contribution in [2.45, 2.75) is 38.3 Å². The molecule has 0 amide bonds. The molecule has 1 saturated carbocycles. The molecule has 3 aromatic rings. The molecule has 118 valence electrons. The van der Waals surface area contributed by atoms with E-state index in [0.717, 1.165) is 24.8 Å². The van der Waals surface area contributed by atoms with E-state index >= 15 is 0 Å². The van der Waals surface area contributed by atoms with Gasteiger partial charge in [0.05, 0.1) is 12.1 Å². The van der Waals surface area contributed by atoms with E-state index in [4.69, 9.17) is 8.94 Å². The van der Waals surface area contributed by atoms with Gasteiger partial charge in [-0.05, 0) is 31.4 Å². The van der Waals surface area contributed by atoms with Gasteiger partial charge in [-0.2, -0.15) is 4.98 Å². The highest BCUT2D eigenvalue weighted by atomic mass is 16.5. The molecule has 1 aromatic carbocycles.